The molecule has 0 fully saturated rings. The molecule has 0 spiro atoms. The van der Waals surface area contributed by atoms with E-state index in [0.717, 1.165) is 21.0 Å². The Balaban J connectivity index is 2.08. The number of hydrogen-bond donors (Lipinski definition) is 1. The van der Waals surface area contributed by atoms with Crippen molar-refractivity contribution >= 4 is 39.1 Å². The molecule has 3 aromatic carbocycles. The zero-order valence-corrected chi connectivity index (χ0v) is 26.6. The molecule has 1 unspecified atom stereocenters. The molecule has 0 aliphatic heterocycles. The molecule has 0 radical (unpaired) electrons. The molecule has 0 aliphatic rings. The molecule has 42 heavy (non-hydrogen) atoms. The van der Waals surface area contributed by atoms with E-state index in [1.54, 1.807) is 24.3 Å². The lowest BCUT2D eigenvalue weighted by atomic mass is 10.1. The van der Waals surface area contributed by atoms with Crippen molar-refractivity contribution in [2.75, 3.05) is 24.5 Å². The molecule has 0 heterocycles. The lowest BCUT2D eigenvalue weighted by molar-refractivity contribution is -0.140. The second-order valence-electron chi connectivity index (χ2n) is 10.7. The van der Waals surface area contributed by atoms with Gasteiger partial charge in [-0.2, -0.15) is 0 Å². The number of halogens is 1. The number of rotatable bonds is 13. The zero-order chi connectivity index (χ0) is 31.0. The average molecular weight is 614 g/mol. The van der Waals surface area contributed by atoms with Gasteiger partial charge in [-0.25, -0.2) is 8.42 Å². The third kappa shape index (κ3) is 8.26. The van der Waals surface area contributed by atoms with Crippen LogP contribution < -0.4 is 14.4 Å². The minimum Gasteiger partial charge on any atom is -0.495 e. The molecule has 10 heteroatoms. The van der Waals surface area contributed by atoms with Gasteiger partial charge >= 0.3 is 0 Å². The van der Waals surface area contributed by atoms with Gasteiger partial charge in [0.15, 0.2) is 0 Å². The number of nitrogens with one attached hydrogen (secondary N) is 1. The highest BCUT2D eigenvalue weighted by Crippen LogP contribution is 2.32. The highest BCUT2D eigenvalue weighted by Gasteiger charge is 2.34. The van der Waals surface area contributed by atoms with E-state index in [9.17, 15) is 18.0 Å². The largest absolute Gasteiger partial charge is 0.495 e. The van der Waals surface area contributed by atoms with Crippen molar-refractivity contribution in [1.29, 1.82) is 0 Å². The van der Waals surface area contributed by atoms with Crippen LogP contribution in [0.2, 0.25) is 5.02 Å². The van der Waals surface area contributed by atoms with Crippen LogP contribution in [0.3, 0.4) is 0 Å². The molecule has 3 rings (SSSR count). The topological polar surface area (TPSA) is 96.0 Å². The zero-order valence-electron chi connectivity index (χ0n) is 25.1. The van der Waals surface area contributed by atoms with Gasteiger partial charge in [0.25, 0.3) is 10.0 Å². The van der Waals surface area contributed by atoms with E-state index in [0.29, 0.717) is 18.7 Å². The number of amides is 2. The van der Waals surface area contributed by atoms with E-state index in [1.165, 1.54) is 30.2 Å². The fraction of sp³-hybridized carbons (Fsp3) is 0.375. The molecule has 1 atom stereocenters. The van der Waals surface area contributed by atoms with Crippen LogP contribution in [0.5, 0.6) is 5.75 Å². The minimum atomic E-state index is -4.20. The van der Waals surface area contributed by atoms with Crippen molar-refractivity contribution in [3.05, 3.63) is 88.4 Å². The van der Waals surface area contributed by atoms with E-state index >= 15 is 0 Å². The molecule has 0 aliphatic carbocycles. The molecule has 2 amide bonds. The Morgan fingerprint density at radius 2 is 1.55 bits per heavy atom. The third-order valence-electron chi connectivity index (χ3n) is 6.86. The SMILES string of the molecule is CCC(C(=O)NCC(C)C)N(Cc1ccc(C)cc1)C(=O)CN(c1ccc(OC)c(Cl)c1)S(=O)(=O)c1ccc(C)cc1. The molecule has 0 saturated carbocycles. The predicted molar refractivity (Wildman–Crippen MR) is 167 cm³/mol. The first-order valence-electron chi connectivity index (χ1n) is 13.9. The predicted octanol–water partition coefficient (Wildman–Crippen LogP) is 5.74. The van der Waals surface area contributed by atoms with Gasteiger partial charge in [0, 0.05) is 13.1 Å². The van der Waals surface area contributed by atoms with Crippen molar-refractivity contribution in [2.45, 2.75) is 58.5 Å². The first kappa shape index (κ1) is 32.9. The van der Waals surface area contributed by atoms with E-state index < -0.39 is 28.5 Å². The van der Waals surface area contributed by atoms with Crippen LogP contribution in [0.4, 0.5) is 5.69 Å². The highest BCUT2D eigenvalue weighted by molar-refractivity contribution is 7.92. The summed E-state index contributed by atoms with van der Waals surface area (Å²) in [7, 11) is -2.74. The Morgan fingerprint density at radius 3 is 2.07 bits per heavy atom. The van der Waals surface area contributed by atoms with Crippen LogP contribution >= 0.6 is 11.6 Å². The summed E-state index contributed by atoms with van der Waals surface area (Å²) in [5, 5.41) is 3.13. The van der Waals surface area contributed by atoms with Gasteiger partial charge in [0.05, 0.1) is 22.7 Å². The van der Waals surface area contributed by atoms with Crippen LogP contribution in [-0.4, -0.2) is 51.4 Å². The summed E-state index contributed by atoms with van der Waals surface area (Å²) in [6.07, 6.45) is 0.348. The number of methoxy groups -OCH3 is 1. The van der Waals surface area contributed by atoms with Crippen molar-refractivity contribution in [3.8, 4) is 5.75 Å². The van der Waals surface area contributed by atoms with Crippen molar-refractivity contribution < 1.29 is 22.7 Å². The van der Waals surface area contributed by atoms with E-state index in [2.05, 4.69) is 5.32 Å². The Labute approximate surface area is 254 Å². The second kappa shape index (κ2) is 14.6. The summed E-state index contributed by atoms with van der Waals surface area (Å²) >= 11 is 6.39. The Kier molecular flexibility index (Phi) is 11.4. The van der Waals surface area contributed by atoms with E-state index in [1.807, 2.05) is 58.9 Å². The number of ether oxygens (including phenoxy) is 1. The van der Waals surface area contributed by atoms with E-state index in [-0.39, 0.29) is 34.0 Å². The fourth-order valence-electron chi connectivity index (χ4n) is 4.41. The standard InChI is InChI=1S/C32H40ClN3O5S/c1-7-29(32(38)34-19-22(2)3)35(20-25-12-8-23(4)9-13-25)31(37)21-36(26-14-17-30(41-6)28(33)18-26)42(39,40)27-15-10-24(5)11-16-27/h8-18,22,29H,7,19-21H2,1-6H3,(H,34,38). The lowest BCUT2D eigenvalue weighted by Crippen LogP contribution is -2.52. The molecule has 0 aromatic heterocycles. The molecular weight excluding hydrogens is 574 g/mol. The minimum absolute atomic E-state index is 0.0274. The summed E-state index contributed by atoms with van der Waals surface area (Å²) < 4.78 is 34.3. The number of aryl methyl sites for hydroxylation is 2. The third-order valence-corrected chi connectivity index (χ3v) is 8.94. The number of benzene rings is 3. The second-order valence-corrected chi connectivity index (χ2v) is 13.0. The van der Waals surface area contributed by atoms with Crippen molar-refractivity contribution in [2.24, 2.45) is 5.92 Å². The number of anilines is 1. The van der Waals surface area contributed by atoms with Gasteiger partial charge in [-0.05, 0) is 62.1 Å². The van der Waals surface area contributed by atoms with Crippen LogP contribution in [0.25, 0.3) is 0 Å². The molecular formula is C32H40ClN3O5S. The van der Waals surface area contributed by atoms with Crippen molar-refractivity contribution in [1.82, 2.24) is 10.2 Å². The quantitative estimate of drug-likeness (QED) is 0.265. The molecule has 3 aromatic rings. The van der Waals surface area contributed by atoms with Gasteiger partial charge in [0.2, 0.25) is 11.8 Å². The summed E-state index contributed by atoms with van der Waals surface area (Å²) in [5.41, 5.74) is 2.98. The highest BCUT2D eigenvalue weighted by atomic mass is 35.5. The van der Waals surface area contributed by atoms with Gasteiger partial charge in [-0.15, -0.1) is 0 Å². The fourth-order valence-corrected chi connectivity index (χ4v) is 6.07. The van der Waals surface area contributed by atoms with Crippen LogP contribution in [-0.2, 0) is 26.2 Å². The summed E-state index contributed by atoms with van der Waals surface area (Å²) in [6, 6.07) is 17.8. The smallest absolute Gasteiger partial charge is 0.264 e. The van der Waals surface area contributed by atoms with Crippen LogP contribution in [0, 0.1) is 19.8 Å². The summed E-state index contributed by atoms with van der Waals surface area (Å²) in [6.45, 7) is 9.69. The number of hydrogen-bond acceptors (Lipinski definition) is 5. The van der Waals surface area contributed by atoms with Crippen molar-refractivity contribution in [3.63, 3.8) is 0 Å². The van der Waals surface area contributed by atoms with E-state index in [4.69, 9.17) is 16.3 Å². The summed E-state index contributed by atoms with van der Waals surface area (Å²) in [5.74, 6) is -0.215. The number of carbonyl (C=O) groups is 2. The number of sulfonamides is 1. The maximum absolute atomic E-state index is 14.2. The maximum Gasteiger partial charge on any atom is 0.264 e. The average Bonchev–Trinajstić information content (AvgIpc) is 2.95. The molecule has 0 bridgehead atoms. The van der Waals surface area contributed by atoms with Crippen LogP contribution in [0.1, 0.15) is 43.9 Å². The Bertz CT molecular complexity index is 1470. The maximum atomic E-state index is 14.2. The van der Waals surface area contributed by atoms with Crippen LogP contribution in [0.15, 0.2) is 71.6 Å². The Morgan fingerprint density at radius 1 is 0.952 bits per heavy atom. The number of carbonyl (C=O) groups excluding carboxylic acids is 2. The molecule has 1 N–H and O–H groups in total. The molecule has 0 saturated heterocycles. The normalized spacial score (nSPS) is 12.1. The monoisotopic (exact) mass is 613 g/mol. The van der Waals surface area contributed by atoms with Gasteiger partial charge in [0.1, 0.15) is 18.3 Å². The van der Waals surface area contributed by atoms with Gasteiger partial charge in [-0.1, -0.05) is 79.9 Å². The first-order valence-corrected chi connectivity index (χ1v) is 15.7. The summed E-state index contributed by atoms with van der Waals surface area (Å²) in [4.78, 5) is 29.0. The molecule has 226 valence electrons. The lowest BCUT2D eigenvalue weighted by Gasteiger charge is -2.33. The van der Waals surface area contributed by atoms with Gasteiger partial charge < -0.3 is 15.0 Å². The van der Waals surface area contributed by atoms with Gasteiger partial charge in [-0.3, -0.25) is 13.9 Å². The first-order chi connectivity index (χ1) is 19.9. The Hall–Kier alpha value is -3.56. The molecule has 8 nitrogen and oxygen atoms in total. The number of nitrogens with zero attached hydrogens (tertiary/aromatic N) is 2.